The topological polar surface area (TPSA) is 62.3 Å². The minimum absolute atomic E-state index is 0.0105. The first-order chi connectivity index (χ1) is 14.2. The number of rotatable bonds is 3. The molecule has 2 amide bonds. The van der Waals surface area contributed by atoms with Gasteiger partial charge >= 0.3 is 6.09 Å². The van der Waals surface area contributed by atoms with E-state index < -0.39 is 0 Å². The standard InChI is InChI=1S/C22H29N3O4/c26-21(20-5-2-9-24(20)17-7-12-28-13-8-17)23-10-6-18-16(15-23)3-1-4-19(18)25-11-14-29-22(25)27/h1,3-4,17,20H,2,5-15H2/t20-/m1/s1. The second kappa shape index (κ2) is 7.95. The summed E-state index contributed by atoms with van der Waals surface area (Å²) in [5, 5.41) is 0. The third kappa shape index (κ3) is 3.51. The van der Waals surface area contributed by atoms with Crippen molar-refractivity contribution in [2.45, 2.75) is 50.7 Å². The molecule has 0 aromatic heterocycles. The summed E-state index contributed by atoms with van der Waals surface area (Å²) in [5.41, 5.74) is 3.28. The second-order valence-electron chi connectivity index (χ2n) is 8.43. The molecule has 4 aliphatic rings. The van der Waals surface area contributed by atoms with Crippen molar-refractivity contribution in [3.63, 3.8) is 0 Å². The predicted molar refractivity (Wildman–Crippen MR) is 108 cm³/mol. The Morgan fingerprint density at radius 1 is 1.03 bits per heavy atom. The Bertz CT molecular complexity index is 792. The number of anilines is 1. The summed E-state index contributed by atoms with van der Waals surface area (Å²) < 4.78 is 10.6. The molecule has 1 atom stereocenters. The van der Waals surface area contributed by atoms with E-state index in [9.17, 15) is 9.59 Å². The number of likely N-dealkylation sites (tertiary alicyclic amines) is 1. The summed E-state index contributed by atoms with van der Waals surface area (Å²) in [6.07, 6.45) is 4.63. The van der Waals surface area contributed by atoms with Crippen LogP contribution in [0.3, 0.4) is 0 Å². The molecule has 1 aromatic rings. The van der Waals surface area contributed by atoms with Crippen LogP contribution in [0.25, 0.3) is 0 Å². The van der Waals surface area contributed by atoms with Crippen LogP contribution in [0.5, 0.6) is 0 Å². The fourth-order valence-electron chi connectivity index (χ4n) is 5.36. The Morgan fingerprint density at radius 3 is 2.69 bits per heavy atom. The quantitative estimate of drug-likeness (QED) is 0.780. The van der Waals surface area contributed by atoms with Crippen LogP contribution in [-0.4, -0.2) is 73.3 Å². The van der Waals surface area contributed by atoms with E-state index in [0.29, 0.717) is 32.3 Å². The highest BCUT2D eigenvalue weighted by molar-refractivity contribution is 5.91. The largest absolute Gasteiger partial charge is 0.447 e. The lowest BCUT2D eigenvalue weighted by Crippen LogP contribution is -2.51. The van der Waals surface area contributed by atoms with Crippen LogP contribution >= 0.6 is 0 Å². The Balaban J connectivity index is 1.31. The molecule has 156 valence electrons. The molecule has 4 heterocycles. The molecule has 3 fully saturated rings. The Morgan fingerprint density at radius 2 is 1.90 bits per heavy atom. The molecular weight excluding hydrogens is 370 g/mol. The van der Waals surface area contributed by atoms with Gasteiger partial charge in [0, 0.05) is 32.3 Å². The lowest BCUT2D eigenvalue weighted by Gasteiger charge is -2.38. The number of fused-ring (bicyclic) bond motifs is 1. The third-order valence-electron chi connectivity index (χ3n) is 6.84. The maximum absolute atomic E-state index is 13.4. The lowest BCUT2D eigenvalue weighted by molar-refractivity contribution is -0.138. The molecule has 0 N–H and O–H groups in total. The predicted octanol–water partition coefficient (Wildman–Crippen LogP) is 2.17. The number of hydrogen-bond acceptors (Lipinski definition) is 5. The lowest BCUT2D eigenvalue weighted by atomic mass is 9.96. The molecule has 0 unspecified atom stereocenters. The van der Waals surface area contributed by atoms with Crippen molar-refractivity contribution in [2.75, 3.05) is 44.4 Å². The van der Waals surface area contributed by atoms with Crippen LogP contribution in [0.1, 0.15) is 36.8 Å². The molecule has 1 aromatic carbocycles. The van der Waals surface area contributed by atoms with Crippen molar-refractivity contribution in [1.29, 1.82) is 0 Å². The van der Waals surface area contributed by atoms with Crippen LogP contribution < -0.4 is 4.90 Å². The van der Waals surface area contributed by atoms with Crippen molar-refractivity contribution < 1.29 is 19.1 Å². The summed E-state index contributed by atoms with van der Waals surface area (Å²) in [6, 6.07) is 6.55. The first-order valence-electron chi connectivity index (χ1n) is 10.9. The number of cyclic esters (lactones) is 1. The third-order valence-corrected chi connectivity index (χ3v) is 6.84. The minimum Gasteiger partial charge on any atom is -0.447 e. The first-order valence-corrected chi connectivity index (χ1v) is 10.9. The van der Waals surface area contributed by atoms with E-state index in [-0.39, 0.29) is 18.0 Å². The van der Waals surface area contributed by atoms with E-state index in [2.05, 4.69) is 11.0 Å². The zero-order chi connectivity index (χ0) is 19.8. The monoisotopic (exact) mass is 399 g/mol. The van der Waals surface area contributed by atoms with Crippen molar-refractivity contribution in [3.8, 4) is 0 Å². The van der Waals surface area contributed by atoms with E-state index in [1.54, 1.807) is 4.90 Å². The van der Waals surface area contributed by atoms with Gasteiger partial charge in [0.15, 0.2) is 0 Å². The van der Waals surface area contributed by atoms with E-state index in [4.69, 9.17) is 9.47 Å². The van der Waals surface area contributed by atoms with Crippen molar-refractivity contribution in [3.05, 3.63) is 29.3 Å². The number of ether oxygens (including phenoxy) is 2. The smallest absolute Gasteiger partial charge is 0.414 e. The van der Waals surface area contributed by atoms with Gasteiger partial charge in [-0.15, -0.1) is 0 Å². The fourth-order valence-corrected chi connectivity index (χ4v) is 5.36. The molecule has 5 rings (SSSR count). The zero-order valence-corrected chi connectivity index (χ0v) is 16.8. The number of hydrogen-bond donors (Lipinski definition) is 0. The number of benzene rings is 1. The highest BCUT2D eigenvalue weighted by Crippen LogP contribution is 2.32. The van der Waals surface area contributed by atoms with Gasteiger partial charge in [-0.2, -0.15) is 0 Å². The van der Waals surface area contributed by atoms with Gasteiger partial charge in [0.2, 0.25) is 5.91 Å². The highest BCUT2D eigenvalue weighted by atomic mass is 16.6. The molecule has 29 heavy (non-hydrogen) atoms. The van der Waals surface area contributed by atoms with Gasteiger partial charge in [0.25, 0.3) is 0 Å². The number of amides is 2. The average Bonchev–Trinajstić information content (AvgIpc) is 3.42. The Hall–Kier alpha value is -2.12. The van der Waals surface area contributed by atoms with Crippen molar-refractivity contribution in [1.82, 2.24) is 9.80 Å². The van der Waals surface area contributed by atoms with Gasteiger partial charge in [-0.05, 0) is 55.8 Å². The average molecular weight is 399 g/mol. The molecule has 0 aliphatic carbocycles. The minimum atomic E-state index is -0.269. The van der Waals surface area contributed by atoms with Gasteiger partial charge in [-0.3, -0.25) is 14.6 Å². The van der Waals surface area contributed by atoms with Gasteiger partial charge in [-0.25, -0.2) is 4.79 Å². The molecule has 0 saturated carbocycles. The zero-order valence-electron chi connectivity index (χ0n) is 16.8. The number of carbonyl (C=O) groups is 2. The van der Waals surface area contributed by atoms with Gasteiger partial charge in [-0.1, -0.05) is 12.1 Å². The van der Waals surface area contributed by atoms with Gasteiger partial charge in [0.1, 0.15) is 6.61 Å². The number of carbonyl (C=O) groups excluding carboxylic acids is 2. The highest BCUT2D eigenvalue weighted by Gasteiger charge is 2.39. The molecule has 0 bridgehead atoms. The van der Waals surface area contributed by atoms with Crippen LogP contribution in [0.4, 0.5) is 10.5 Å². The molecular formula is C22H29N3O4. The van der Waals surface area contributed by atoms with Crippen LogP contribution in [-0.2, 0) is 27.2 Å². The van der Waals surface area contributed by atoms with E-state index in [1.165, 1.54) is 5.56 Å². The maximum atomic E-state index is 13.4. The molecule has 3 saturated heterocycles. The van der Waals surface area contributed by atoms with Crippen LogP contribution in [0, 0.1) is 0 Å². The first kappa shape index (κ1) is 18.9. The molecule has 7 nitrogen and oxygen atoms in total. The summed E-state index contributed by atoms with van der Waals surface area (Å²) in [7, 11) is 0. The Labute approximate surface area is 171 Å². The molecule has 0 radical (unpaired) electrons. The fraction of sp³-hybridized carbons (Fsp3) is 0.636. The van der Waals surface area contributed by atoms with Crippen molar-refractivity contribution >= 4 is 17.7 Å². The molecule has 0 spiro atoms. The van der Waals surface area contributed by atoms with Gasteiger partial charge in [0.05, 0.1) is 18.3 Å². The summed E-state index contributed by atoms with van der Waals surface area (Å²) in [4.78, 5) is 31.6. The van der Waals surface area contributed by atoms with Crippen LogP contribution in [0.2, 0.25) is 0 Å². The van der Waals surface area contributed by atoms with E-state index >= 15 is 0 Å². The molecule has 7 heteroatoms. The van der Waals surface area contributed by atoms with Crippen LogP contribution in [0.15, 0.2) is 18.2 Å². The molecule has 4 aliphatic heterocycles. The van der Waals surface area contributed by atoms with E-state index in [1.807, 2.05) is 17.0 Å². The Kier molecular flexibility index (Phi) is 5.18. The normalized spacial score (nSPS) is 25.9. The SMILES string of the molecule is O=C([C@H]1CCCN1C1CCOCC1)N1CCc2c(cccc2N2CCOC2=O)C1. The van der Waals surface area contributed by atoms with Gasteiger partial charge < -0.3 is 14.4 Å². The van der Waals surface area contributed by atoms with E-state index in [0.717, 1.165) is 63.1 Å². The summed E-state index contributed by atoms with van der Waals surface area (Å²) >= 11 is 0. The van der Waals surface area contributed by atoms with Crippen molar-refractivity contribution in [2.24, 2.45) is 0 Å². The second-order valence-corrected chi connectivity index (χ2v) is 8.43. The summed E-state index contributed by atoms with van der Waals surface area (Å²) in [5.74, 6) is 0.269. The summed E-state index contributed by atoms with van der Waals surface area (Å²) in [6.45, 7) is 5.01. The maximum Gasteiger partial charge on any atom is 0.414 e. The number of nitrogens with zero attached hydrogens (tertiary/aromatic N) is 3.